The zero-order valence-corrected chi connectivity index (χ0v) is 27.5. The second-order valence-corrected chi connectivity index (χ2v) is 11.3. The topological polar surface area (TPSA) is 131 Å². The number of rotatable bonds is 13. The molecule has 0 radical (unpaired) electrons. The van der Waals surface area contributed by atoms with Gasteiger partial charge in [0.25, 0.3) is 0 Å². The zero-order chi connectivity index (χ0) is 34.8. The van der Waals surface area contributed by atoms with Gasteiger partial charge in [-0.3, -0.25) is 4.79 Å². The molecule has 3 N–H and O–H groups in total. The molecule has 5 rings (SSSR count). The summed E-state index contributed by atoms with van der Waals surface area (Å²) in [5, 5.41) is 12.0. The Hall–Kier alpha value is -6.22. The fourth-order valence-corrected chi connectivity index (χ4v) is 5.02. The summed E-state index contributed by atoms with van der Waals surface area (Å²) >= 11 is 0. The van der Waals surface area contributed by atoms with Crippen molar-refractivity contribution < 1.29 is 29.0 Å². The van der Waals surface area contributed by atoms with E-state index in [4.69, 9.17) is 19.6 Å². The van der Waals surface area contributed by atoms with Crippen LogP contribution in [0, 0.1) is 6.92 Å². The Morgan fingerprint density at radius 3 is 2.02 bits per heavy atom. The molecular formula is C40H37N3O6. The van der Waals surface area contributed by atoms with Gasteiger partial charge in [-0.25, -0.2) is 14.6 Å². The number of nitrogens with one attached hydrogen (secondary N) is 2. The molecule has 1 amide bonds. The van der Waals surface area contributed by atoms with Gasteiger partial charge in [0, 0.05) is 28.8 Å². The van der Waals surface area contributed by atoms with Gasteiger partial charge in [-0.15, -0.1) is 0 Å². The first-order valence-corrected chi connectivity index (χ1v) is 15.8. The van der Waals surface area contributed by atoms with Crippen LogP contribution in [0.15, 0.2) is 109 Å². The van der Waals surface area contributed by atoms with Gasteiger partial charge >= 0.3 is 11.9 Å². The second kappa shape index (κ2) is 16.1. The summed E-state index contributed by atoms with van der Waals surface area (Å²) in [6, 6.07) is 30.4. The van der Waals surface area contributed by atoms with Gasteiger partial charge in [0.1, 0.15) is 11.6 Å². The summed E-state index contributed by atoms with van der Waals surface area (Å²) in [5.74, 6) is -0.565. The van der Waals surface area contributed by atoms with Crippen molar-refractivity contribution in [3.8, 4) is 39.7 Å². The largest absolute Gasteiger partial charge is 0.482 e. The number of aromatic nitrogens is 2. The average molecular weight is 656 g/mol. The van der Waals surface area contributed by atoms with E-state index in [-0.39, 0.29) is 11.9 Å². The monoisotopic (exact) mass is 655 g/mol. The number of esters is 1. The van der Waals surface area contributed by atoms with Crippen molar-refractivity contribution in [1.82, 2.24) is 15.3 Å². The molecule has 0 saturated heterocycles. The molecule has 49 heavy (non-hydrogen) atoms. The van der Waals surface area contributed by atoms with Gasteiger partial charge in [-0.2, -0.15) is 0 Å². The number of carboxylic acid groups (broad SMARTS) is 1. The Balaban J connectivity index is 1.38. The van der Waals surface area contributed by atoms with E-state index in [0.717, 1.165) is 39.1 Å². The number of nitrogens with zero attached hydrogens (tertiary/aromatic N) is 1. The molecule has 0 fully saturated rings. The van der Waals surface area contributed by atoms with Crippen LogP contribution < -0.4 is 10.1 Å². The SMILES string of the molecule is CCOC(=O)/C=C/c1ccc(-c2nc(-c3ccc(OCC(=O)O)cc3)c(-c3ccc(/C=C/C(=O)NC(C)c4ccc(C)cc4)cc3)[nH]2)cc1. The van der Waals surface area contributed by atoms with Gasteiger partial charge < -0.3 is 24.9 Å². The fourth-order valence-electron chi connectivity index (χ4n) is 5.02. The Morgan fingerprint density at radius 1 is 0.816 bits per heavy atom. The normalized spacial score (nSPS) is 11.8. The molecule has 0 aliphatic carbocycles. The Kier molecular flexibility index (Phi) is 11.2. The maximum absolute atomic E-state index is 12.6. The highest BCUT2D eigenvalue weighted by molar-refractivity contribution is 5.92. The second-order valence-electron chi connectivity index (χ2n) is 11.3. The number of benzene rings is 4. The minimum Gasteiger partial charge on any atom is -0.482 e. The number of aliphatic carboxylic acids is 1. The number of ether oxygens (including phenoxy) is 2. The van der Waals surface area contributed by atoms with Crippen LogP contribution in [0.3, 0.4) is 0 Å². The van der Waals surface area contributed by atoms with Gasteiger partial charge in [0.15, 0.2) is 6.61 Å². The van der Waals surface area contributed by atoms with Gasteiger partial charge in [0.05, 0.1) is 24.0 Å². The lowest BCUT2D eigenvalue weighted by Crippen LogP contribution is -2.24. The average Bonchev–Trinajstić information content (AvgIpc) is 3.55. The molecule has 248 valence electrons. The number of aryl methyl sites for hydroxylation is 1. The van der Waals surface area contributed by atoms with Crippen LogP contribution in [0.2, 0.25) is 0 Å². The molecule has 0 aliphatic heterocycles. The van der Waals surface area contributed by atoms with E-state index in [2.05, 4.69) is 10.3 Å². The fraction of sp³-hybridized carbons (Fsp3) is 0.150. The van der Waals surface area contributed by atoms with E-state index in [0.29, 0.717) is 23.9 Å². The van der Waals surface area contributed by atoms with E-state index in [1.165, 1.54) is 17.7 Å². The smallest absolute Gasteiger partial charge is 0.341 e. The lowest BCUT2D eigenvalue weighted by Gasteiger charge is -2.13. The van der Waals surface area contributed by atoms with Gasteiger partial charge in [-0.05, 0) is 73.9 Å². The number of imidazole rings is 1. The summed E-state index contributed by atoms with van der Waals surface area (Å²) in [6.45, 7) is 5.62. The molecule has 9 heteroatoms. The van der Waals surface area contributed by atoms with Crippen molar-refractivity contribution in [3.05, 3.63) is 131 Å². The molecule has 4 aromatic carbocycles. The van der Waals surface area contributed by atoms with Crippen LogP contribution in [0.4, 0.5) is 0 Å². The number of amides is 1. The van der Waals surface area contributed by atoms with Crippen molar-refractivity contribution in [3.63, 3.8) is 0 Å². The predicted octanol–water partition coefficient (Wildman–Crippen LogP) is 7.65. The summed E-state index contributed by atoms with van der Waals surface area (Å²) in [7, 11) is 0. The molecule has 9 nitrogen and oxygen atoms in total. The van der Waals surface area contributed by atoms with Crippen molar-refractivity contribution in [2.75, 3.05) is 13.2 Å². The van der Waals surface area contributed by atoms with Crippen molar-refractivity contribution in [2.24, 2.45) is 0 Å². The summed E-state index contributed by atoms with van der Waals surface area (Å²) in [5.41, 5.74) is 7.89. The van der Waals surface area contributed by atoms with E-state index in [9.17, 15) is 14.4 Å². The zero-order valence-electron chi connectivity index (χ0n) is 27.5. The molecule has 1 unspecified atom stereocenters. The molecule has 0 spiro atoms. The maximum Gasteiger partial charge on any atom is 0.341 e. The van der Waals surface area contributed by atoms with Gasteiger partial charge in [0.2, 0.25) is 5.91 Å². The van der Waals surface area contributed by atoms with E-state index in [1.807, 2.05) is 98.8 Å². The molecule has 5 aromatic rings. The molecule has 0 aliphatic rings. The third-order valence-electron chi connectivity index (χ3n) is 7.64. The minimum absolute atomic E-state index is 0.122. The van der Waals surface area contributed by atoms with Crippen molar-refractivity contribution in [2.45, 2.75) is 26.8 Å². The van der Waals surface area contributed by atoms with Crippen LogP contribution in [-0.2, 0) is 19.1 Å². The molecule has 0 bridgehead atoms. The standard InChI is InChI=1S/C40H37N3O6/c1-4-48-37(47)24-12-29-9-17-33(18-10-29)40-42-38(39(43-40)32-19-21-34(22-20-32)49-25-36(45)46)31-15-7-28(8-16-31)11-23-35(44)41-27(3)30-13-5-26(2)6-14-30/h5-24,27H,4,25H2,1-3H3,(H,41,44)(H,42,43)(H,45,46)/b23-11+,24-12+. The lowest BCUT2D eigenvalue weighted by atomic mass is 10.0. The number of carbonyl (C=O) groups excluding carboxylic acids is 2. The number of H-pyrrole nitrogens is 1. The Morgan fingerprint density at radius 2 is 1.41 bits per heavy atom. The summed E-state index contributed by atoms with van der Waals surface area (Å²) in [6.07, 6.45) is 6.38. The molecule has 1 aromatic heterocycles. The summed E-state index contributed by atoms with van der Waals surface area (Å²) in [4.78, 5) is 43.7. The number of hydrogen-bond acceptors (Lipinski definition) is 6. The molecule has 1 atom stereocenters. The van der Waals surface area contributed by atoms with E-state index < -0.39 is 18.5 Å². The van der Waals surface area contributed by atoms with Crippen LogP contribution >= 0.6 is 0 Å². The van der Waals surface area contributed by atoms with Crippen LogP contribution in [0.25, 0.3) is 46.1 Å². The predicted molar refractivity (Wildman–Crippen MR) is 190 cm³/mol. The number of carbonyl (C=O) groups is 3. The first-order chi connectivity index (χ1) is 23.7. The van der Waals surface area contributed by atoms with Crippen LogP contribution in [0.1, 0.15) is 42.1 Å². The molecule has 1 heterocycles. The van der Waals surface area contributed by atoms with E-state index in [1.54, 1.807) is 31.2 Å². The number of aromatic amines is 1. The minimum atomic E-state index is -1.05. The Bertz CT molecular complexity index is 1960. The highest BCUT2D eigenvalue weighted by atomic mass is 16.5. The van der Waals surface area contributed by atoms with Crippen LogP contribution in [-0.4, -0.2) is 46.1 Å². The molecule has 0 saturated carbocycles. The third kappa shape index (κ3) is 9.42. The highest BCUT2D eigenvalue weighted by Gasteiger charge is 2.16. The van der Waals surface area contributed by atoms with Crippen molar-refractivity contribution >= 4 is 30.0 Å². The molecular weight excluding hydrogens is 618 g/mol. The van der Waals surface area contributed by atoms with Gasteiger partial charge in [-0.1, -0.05) is 78.4 Å². The lowest BCUT2D eigenvalue weighted by molar-refractivity contribution is -0.139. The van der Waals surface area contributed by atoms with Crippen molar-refractivity contribution in [1.29, 1.82) is 0 Å². The Labute approximate surface area is 285 Å². The number of hydrogen-bond donors (Lipinski definition) is 3. The van der Waals surface area contributed by atoms with E-state index >= 15 is 0 Å². The van der Waals surface area contributed by atoms with Crippen LogP contribution in [0.5, 0.6) is 5.75 Å². The highest BCUT2D eigenvalue weighted by Crippen LogP contribution is 2.34. The maximum atomic E-state index is 12.6. The first kappa shape index (κ1) is 34.1. The third-order valence-corrected chi connectivity index (χ3v) is 7.64. The number of carboxylic acids is 1. The quantitative estimate of drug-likeness (QED) is 0.0877. The summed E-state index contributed by atoms with van der Waals surface area (Å²) < 4.78 is 10.3. The first-order valence-electron chi connectivity index (χ1n) is 15.8.